The number of nitrogens with zero attached hydrogens (tertiary/aromatic N) is 1. The number of nitro groups is 1. The van der Waals surface area contributed by atoms with Crippen molar-refractivity contribution >= 4 is 17.1 Å². The fourth-order valence-electron chi connectivity index (χ4n) is 1.23. The topological polar surface area (TPSA) is 87.4 Å². The minimum atomic E-state index is -0.698. The van der Waals surface area contributed by atoms with Crippen LogP contribution in [0.25, 0.3) is 0 Å². The van der Waals surface area contributed by atoms with Crippen LogP contribution in [-0.2, 0) is 0 Å². The number of anilines is 2. The molecule has 1 atom stereocenters. The standard InChI is InChI=1S/C9H13N3O3/c1-6(13)11-7-3-4-9(12(14)15)8(5-7)10-2/h3-6,10-11,13H,1-2H3. The van der Waals surface area contributed by atoms with Gasteiger partial charge in [-0.05, 0) is 19.1 Å². The van der Waals surface area contributed by atoms with Crippen LogP contribution in [0, 0.1) is 10.1 Å². The molecule has 1 aromatic carbocycles. The third kappa shape index (κ3) is 2.81. The smallest absolute Gasteiger partial charge is 0.292 e. The van der Waals surface area contributed by atoms with Crippen molar-refractivity contribution in [3.63, 3.8) is 0 Å². The van der Waals surface area contributed by atoms with Gasteiger partial charge < -0.3 is 15.7 Å². The largest absolute Gasteiger partial charge is 0.383 e. The van der Waals surface area contributed by atoms with Gasteiger partial charge in [-0.2, -0.15) is 0 Å². The number of benzene rings is 1. The predicted molar refractivity (Wildman–Crippen MR) is 57.9 cm³/mol. The van der Waals surface area contributed by atoms with E-state index in [1.54, 1.807) is 26.1 Å². The monoisotopic (exact) mass is 211 g/mol. The summed E-state index contributed by atoms with van der Waals surface area (Å²) in [7, 11) is 1.61. The van der Waals surface area contributed by atoms with Gasteiger partial charge in [0.15, 0.2) is 0 Å². The van der Waals surface area contributed by atoms with Gasteiger partial charge in [-0.3, -0.25) is 10.1 Å². The highest BCUT2D eigenvalue weighted by atomic mass is 16.6. The van der Waals surface area contributed by atoms with Gasteiger partial charge in [0, 0.05) is 18.8 Å². The molecule has 1 unspecified atom stereocenters. The predicted octanol–water partition coefficient (Wildman–Crippen LogP) is 1.39. The molecule has 0 bridgehead atoms. The average molecular weight is 211 g/mol. The average Bonchev–Trinajstić information content (AvgIpc) is 2.16. The highest BCUT2D eigenvalue weighted by Crippen LogP contribution is 2.27. The molecular weight excluding hydrogens is 198 g/mol. The number of aliphatic hydroxyl groups is 1. The Morgan fingerprint density at radius 2 is 2.20 bits per heavy atom. The first-order chi connectivity index (χ1) is 7.04. The summed E-state index contributed by atoms with van der Waals surface area (Å²) in [4.78, 5) is 10.1. The first-order valence-corrected chi connectivity index (χ1v) is 4.45. The highest BCUT2D eigenvalue weighted by molar-refractivity contribution is 5.68. The van der Waals surface area contributed by atoms with E-state index in [0.29, 0.717) is 11.4 Å². The maximum atomic E-state index is 10.6. The van der Waals surface area contributed by atoms with E-state index in [1.807, 2.05) is 0 Å². The van der Waals surface area contributed by atoms with E-state index in [1.165, 1.54) is 6.07 Å². The van der Waals surface area contributed by atoms with E-state index in [-0.39, 0.29) is 5.69 Å². The Bertz CT molecular complexity index is 366. The van der Waals surface area contributed by atoms with Crippen LogP contribution in [0.2, 0.25) is 0 Å². The van der Waals surface area contributed by atoms with Gasteiger partial charge in [0.2, 0.25) is 0 Å². The molecule has 0 saturated heterocycles. The van der Waals surface area contributed by atoms with Gasteiger partial charge in [0.1, 0.15) is 11.9 Å². The molecule has 82 valence electrons. The van der Waals surface area contributed by atoms with E-state index >= 15 is 0 Å². The Kier molecular flexibility index (Phi) is 3.46. The van der Waals surface area contributed by atoms with Crippen molar-refractivity contribution in [2.24, 2.45) is 0 Å². The minimum absolute atomic E-state index is 0.00800. The second-order valence-electron chi connectivity index (χ2n) is 3.06. The molecule has 0 spiro atoms. The lowest BCUT2D eigenvalue weighted by molar-refractivity contribution is -0.383. The number of hydrogen-bond donors (Lipinski definition) is 3. The van der Waals surface area contributed by atoms with Gasteiger partial charge in [0.25, 0.3) is 5.69 Å². The Morgan fingerprint density at radius 1 is 1.53 bits per heavy atom. The van der Waals surface area contributed by atoms with Crippen molar-refractivity contribution in [1.29, 1.82) is 0 Å². The maximum absolute atomic E-state index is 10.6. The second-order valence-corrected chi connectivity index (χ2v) is 3.06. The van der Waals surface area contributed by atoms with Gasteiger partial charge in [-0.15, -0.1) is 0 Å². The van der Waals surface area contributed by atoms with Crippen LogP contribution in [0.4, 0.5) is 17.1 Å². The summed E-state index contributed by atoms with van der Waals surface area (Å²) in [6, 6.07) is 4.51. The molecule has 15 heavy (non-hydrogen) atoms. The van der Waals surface area contributed by atoms with E-state index in [2.05, 4.69) is 10.6 Å². The summed E-state index contributed by atoms with van der Waals surface area (Å²) in [5, 5.41) is 25.2. The van der Waals surface area contributed by atoms with Crippen molar-refractivity contribution in [1.82, 2.24) is 0 Å². The number of rotatable bonds is 4. The molecule has 3 N–H and O–H groups in total. The van der Waals surface area contributed by atoms with Gasteiger partial charge in [-0.25, -0.2) is 0 Å². The molecule has 6 nitrogen and oxygen atoms in total. The molecule has 1 aromatic rings. The fourth-order valence-corrected chi connectivity index (χ4v) is 1.23. The normalized spacial score (nSPS) is 11.9. The molecule has 0 radical (unpaired) electrons. The van der Waals surface area contributed by atoms with Gasteiger partial charge in [-0.1, -0.05) is 0 Å². The summed E-state index contributed by atoms with van der Waals surface area (Å²) in [5.74, 6) is 0. The van der Waals surface area contributed by atoms with Crippen LogP contribution in [0.5, 0.6) is 0 Å². The molecule has 1 rings (SSSR count). The number of hydrogen-bond acceptors (Lipinski definition) is 5. The van der Waals surface area contributed by atoms with Crippen molar-refractivity contribution in [3.05, 3.63) is 28.3 Å². The Hall–Kier alpha value is -1.82. The zero-order chi connectivity index (χ0) is 11.4. The molecule has 0 aliphatic rings. The molecule has 0 fully saturated rings. The molecule has 0 amide bonds. The third-order valence-corrected chi connectivity index (χ3v) is 1.84. The summed E-state index contributed by atoms with van der Waals surface area (Å²) in [6.07, 6.45) is -0.698. The number of aliphatic hydroxyl groups excluding tert-OH is 1. The lowest BCUT2D eigenvalue weighted by Gasteiger charge is -2.10. The summed E-state index contributed by atoms with van der Waals surface area (Å²) in [6.45, 7) is 1.57. The summed E-state index contributed by atoms with van der Waals surface area (Å²) < 4.78 is 0. The van der Waals surface area contributed by atoms with Crippen LogP contribution < -0.4 is 10.6 Å². The number of nitrogens with one attached hydrogen (secondary N) is 2. The van der Waals surface area contributed by atoms with Crippen molar-refractivity contribution < 1.29 is 10.0 Å². The van der Waals surface area contributed by atoms with Gasteiger partial charge >= 0.3 is 0 Å². The molecule has 6 heteroatoms. The fraction of sp³-hybridized carbons (Fsp3) is 0.333. The van der Waals surface area contributed by atoms with E-state index in [0.717, 1.165) is 0 Å². The SMILES string of the molecule is CNc1cc(NC(C)O)ccc1[N+](=O)[O-]. The molecule has 0 heterocycles. The Balaban J connectivity index is 3.02. The van der Waals surface area contributed by atoms with Crippen molar-refractivity contribution in [3.8, 4) is 0 Å². The highest BCUT2D eigenvalue weighted by Gasteiger charge is 2.12. The second kappa shape index (κ2) is 4.61. The lowest BCUT2D eigenvalue weighted by Crippen LogP contribution is -2.13. The molecular formula is C9H13N3O3. The molecule has 0 saturated carbocycles. The first kappa shape index (κ1) is 11.3. The quantitative estimate of drug-likeness (QED) is 0.398. The number of nitro benzene ring substituents is 1. The molecule has 0 aromatic heterocycles. The summed E-state index contributed by atoms with van der Waals surface area (Å²) in [5.41, 5.74) is 1.04. The van der Waals surface area contributed by atoms with Crippen LogP contribution in [0.15, 0.2) is 18.2 Å². The molecule has 0 aliphatic carbocycles. The first-order valence-electron chi connectivity index (χ1n) is 4.45. The van der Waals surface area contributed by atoms with Crippen molar-refractivity contribution in [2.45, 2.75) is 13.2 Å². The summed E-state index contributed by atoms with van der Waals surface area (Å²) >= 11 is 0. The minimum Gasteiger partial charge on any atom is -0.383 e. The maximum Gasteiger partial charge on any atom is 0.292 e. The van der Waals surface area contributed by atoms with Crippen LogP contribution >= 0.6 is 0 Å². The van der Waals surface area contributed by atoms with Crippen LogP contribution in [0.1, 0.15) is 6.92 Å². The Labute approximate surface area is 87.1 Å². The van der Waals surface area contributed by atoms with Crippen LogP contribution in [0.3, 0.4) is 0 Å². The van der Waals surface area contributed by atoms with Crippen molar-refractivity contribution in [2.75, 3.05) is 17.7 Å². The zero-order valence-electron chi connectivity index (χ0n) is 8.52. The lowest BCUT2D eigenvalue weighted by atomic mass is 10.2. The van der Waals surface area contributed by atoms with Gasteiger partial charge in [0.05, 0.1) is 4.92 Å². The Morgan fingerprint density at radius 3 is 2.67 bits per heavy atom. The van der Waals surface area contributed by atoms with E-state index < -0.39 is 11.2 Å². The van der Waals surface area contributed by atoms with E-state index in [9.17, 15) is 10.1 Å². The van der Waals surface area contributed by atoms with Crippen LogP contribution in [-0.4, -0.2) is 23.3 Å². The zero-order valence-corrected chi connectivity index (χ0v) is 8.52. The molecule has 0 aliphatic heterocycles. The third-order valence-electron chi connectivity index (χ3n) is 1.84. The van der Waals surface area contributed by atoms with E-state index in [4.69, 9.17) is 5.11 Å².